The third kappa shape index (κ3) is 4.73. The highest BCUT2D eigenvalue weighted by molar-refractivity contribution is 6.10. The van der Waals surface area contributed by atoms with Crippen LogP contribution < -0.4 is 4.90 Å². The van der Waals surface area contributed by atoms with Crippen LogP contribution in [0.3, 0.4) is 0 Å². The predicted molar refractivity (Wildman–Crippen MR) is 232 cm³/mol. The van der Waals surface area contributed by atoms with Crippen LogP contribution >= 0.6 is 0 Å². The molecule has 2 aliphatic rings. The number of aromatic nitrogens is 1. The fourth-order valence-electron chi connectivity index (χ4n) is 9.58. The van der Waals surface area contributed by atoms with Crippen LogP contribution in [0.4, 0.5) is 17.1 Å². The first kappa shape index (κ1) is 32.7. The average Bonchev–Trinajstić information content (AvgIpc) is 3.86. The number of hydrogen-bond donors (Lipinski definition) is 0. The maximum absolute atomic E-state index is 6.54. The lowest BCUT2D eigenvalue weighted by Crippen LogP contribution is -2.17. The van der Waals surface area contributed by atoms with Crippen LogP contribution in [0.15, 0.2) is 174 Å². The molecule has 3 nitrogen and oxygen atoms in total. The third-order valence-corrected chi connectivity index (χ3v) is 12.5. The fraction of sp³-hybridized carbons (Fsp3) is 0.113. The lowest BCUT2D eigenvalue weighted by molar-refractivity contribution is 0.623. The van der Waals surface area contributed by atoms with Gasteiger partial charge in [-0.25, -0.2) is 4.98 Å². The molecule has 0 radical (unpaired) electrons. The molecule has 268 valence electrons. The lowest BCUT2D eigenvalue weighted by atomic mass is 9.82. The van der Waals surface area contributed by atoms with Crippen molar-refractivity contribution >= 4 is 38.9 Å². The third-order valence-electron chi connectivity index (χ3n) is 12.5. The Balaban J connectivity index is 1.08. The van der Waals surface area contributed by atoms with Crippen LogP contribution in [-0.2, 0) is 10.8 Å². The Morgan fingerprint density at radius 1 is 0.429 bits per heavy atom. The van der Waals surface area contributed by atoms with Crippen LogP contribution in [0.25, 0.3) is 66.7 Å². The molecule has 0 unspecified atom stereocenters. The molecule has 1 heterocycles. The largest absolute Gasteiger partial charge is 0.435 e. The van der Waals surface area contributed by atoms with Crippen molar-refractivity contribution in [2.75, 3.05) is 4.90 Å². The minimum absolute atomic E-state index is 0.0625. The van der Waals surface area contributed by atoms with Gasteiger partial charge in [-0.3, -0.25) is 0 Å². The van der Waals surface area contributed by atoms with Gasteiger partial charge in [0, 0.05) is 44.4 Å². The smallest absolute Gasteiger partial charge is 0.227 e. The number of fused-ring (bicyclic) bond motifs is 9. The molecule has 0 saturated heterocycles. The monoisotopic (exact) mass is 720 g/mol. The first-order chi connectivity index (χ1) is 27.3. The van der Waals surface area contributed by atoms with Gasteiger partial charge in [-0.05, 0) is 110 Å². The Hall–Kier alpha value is -6.71. The van der Waals surface area contributed by atoms with Gasteiger partial charge in [0.15, 0.2) is 5.58 Å². The zero-order valence-corrected chi connectivity index (χ0v) is 32.0. The van der Waals surface area contributed by atoms with E-state index in [2.05, 4.69) is 172 Å². The molecule has 1 aromatic heterocycles. The Labute approximate surface area is 327 Å². The molecule has 0 amide bonds. The summed E-state index contributed by atoms with van der Waals surface area (Å²) in [6.07, 6.45) is 0. The molecule has 3 heteroatoms. The van der Waals surface area contributed by atoms with Crippen molar-refractivity contribution in [3.05, 3.63) is 192 Å². The summed E-state index contributed by atoms with van der Waals surface area (Å²) in [6, 6.07) is 61.7. The van der Waals surface area contributed by atoms with Crippen LogP contribution in [0.2, 0.25) is 0 Å². The Morgan fingerprint density at radius 3 is 1.77 bits per heavy atom. The van der Waals surface area contributed by atoms with Crippen molar-refractivity contribution in [1.82, 2.24) is 4.98 Å². The zero-order valence-electron chi connectivity index (χ0n) is 32.0. The van der Waals surface area contributed by atoms with E-state index in [1.54, 1.807) is 0 Å². The van der Waals surface area contributed by atoms with Gasteiger partial charge in [0.25, 0.3) is 0 Å². The predicted octanol–water partition coefficient (Wildman–Crippen LogP) is 14.4. The molecule has 0 atom stereocenters. The van der Waals surface area contributed by atoms with E-state index in [4.69, 9.17) is 9.40 Å². The molecular formula is C53H40N2O. The van der Waals surface area contributed by atoms with Gasteiger partial charge in [0.05, 0.1) is 0 Å². The Bertz CT molecular complexity index is 3020. The second-order valence-electron chi connectivity index (χ2n) is 16.4. The highest BCUT2D eigenvalue weighted by atomic mass is 16.3. The van der Waals surface area contributed by atoms with E-state index in [9.17, 15) is 0 Å². The van der Waals surface area contributed by atoms with Gasteiger partial charge in [-0.15, -0.1) is 0 Å². The van der Waals surface area contributed by atoms with Crippen molar-refractivity contribution in [2.45, 2.75) is 38.5 Å². The Morgan fingerprint density at radius 2 is 1.00 bits per heavy atom. The first-order valence-corrected chi connectivity index (χ1v) is 19.5. The van der Waals surface area contributed by atoms with E-state index in [1.807, 2.05) is 30.3 Å². The van der Waals surface area contributed by atoms with Gasteiger partial charge in [-0.1, -0.05) is 143 Å². The summed E-state index contributed by atoms with van der Waals surface area (Å²) in [7, 11) is 0. The van der Waals surface area contributed by atoms with Crippen LogP contribution in [0, 0.1) is 0 Å². The number of rotatable bonds is 5. The molecule has 11 rings (SSSR count). The quantitative estimate of drug-likeness (QED) is 0.177. The summed E-state index contributed by atoms with van der Waals surface area (Å²) in [5, 5.41) is 2.19. The highest BCUT2D eigenvalue weighted by Gasteiger charge is 2.37. The van der Waals surface area contributed by atoms with E-state index < -0.39 is 0 Å². The number of hydrogen-bond acceptors (Lipinski definition) is 3. The molecule has 9 aromatic rings. The maximum Gasteiger partial charge on any atom is 0.227 e. The number of nitrogens with zero attached hydrogens (tertiary/aromatic N) is 2. The molecule has 0 N–H and O–H groups in total. The van der Waals surface area contributed by atoms with Crippen molar-refractivity contribution in [3.63, 3.8) is 0 Å². The number of anilines is 3. The van der Waals surface area contributed by atoms with E-state index in [0.717, 1.165) is 55.6 Å². The maximum atomic E-state index is 6.54. The van der Waals surface area contributed by atoms with E-state index in [0.29, 0.717) is 5.89 Å². The summed E-state index contributed by atoms with van der Waals surface area (Å²) in [4.78, 5) is 7.54. The fourth-order valence-corrected chi connectivity index (χ4v) is 9.58. The number of benzene rings is 8. The topological polar surface area (TPSA) is 29.3 Å². The summed E-state index contributed by atoms with van der Waals surface area (Å²) < 4.78 is 6.54. The van der Waals surface area contributed by atoms with Crippen LogP contribution in [-0.4, -0.2) is 4.98 Å². The lowest BCUT2D eigenvalue weighted by Gasteiger charge is -2.29. The minimum Gasteiger partial charge on any atom is -0.435 e. The molecule has 0 fully saturated rings. The molecule has 0 spiro atoms. The Kier molecular flexibility index (Phi) is 6.94. The van der Waals surface area contributed by atoms with Gasteiger partial charge in [0.1, 0.15) is 5.52 Å². The van der Waals surface area contributed by atoms with E-state index in [1.165, 1.54) is 44.5 Å². The van der Waals surface area contributed by atoms with Gasteiger partial charge < -0.3 is 9.32 Å². The number of oxazole rings is 1. The summed E-state index contributed by atoms with van der Waals surface area (Å²) in [5.41, 5.74) is 18.7. The van der Waals surface area contributed by atoms with Gasteiger partial charge in [-0.2, -0.15) is 0 Å². The average molecular weight is 721 g/mol. The molecule has 0 bridgehead atoms. The molecule has 8 aromatic carbocycles. The molecule has 0 saturated carbocycles. The van der Waals surface area contributed by atoms with Crippen molar-refractivity contribution in [3.8, 4) is 44.8 Å². The minimum atomic E-state index is -0.115. The van der Waals surface area contributed by atoms with E-state index in [-0.39, 0.29) is 10.8 Å². The van der Waals surface area contributed by atoms with Crippen molar-refractivity contribution in [2.24, 2.45) is 0 Å². The van der Waals surface area contributed by atoms with Crippen molar-refractivity contribution in [1.29, 1.82) is 0 Å². The normalized spacial score (nSPS) is 14.4. The summed E-state index contributed by atoms with van der Waals surface area (Å²) in [5.74, 6) is 0.629. The molecule has 56 heavy (non-hydrogen) atoms. The standard InChI is InChI=1S/C53H40N2O/c1-52(2)46-21-13-11-19-41(46)44-31-37(27-29-47(44)52)55(38-26-28-42-40-18-10-12-20-45(40)53(3,4)48(42)32-38)36-24-22-33(23-25-36)43-30-35-16-8-9-17-39(35)50-49(43)54-51(56-50)34-14-6-5-7-15-34/h5-32H,1-4H3. The highest BCUT2D eigenvalue weighted by Crippen LogP contribution is 2.53. The second-order valence-corrected chi connectivity index (χ2v) is 16.4. The first-order valence-electron chi connectivity index (χ1n) is 19.5. The molecule has 0 aliphatic heterocycles. The summed E-state index contributed by atoms with van der Waals surface area (Å²) >= 11 is 0. The van der Waals surface area contributed by atoms with Gasteiger partial charge in [0.2, 0.25) is 5.89 Å². The van der Waals surface area contributed by atoms with Gasteiger partial charge >= 0.3 is 0 Å². The van der Waals surface area contributed by atoms with Crippen molar-refractivity contribution < 1.29 is 4.42 Å². The SMILES string of the molecule is CC1(C)c2ccccc2-c2cc(N(c3ccc(-c4cc5ccccc5c5oc(-c6ccccc6)nc45)cc3)c3ccc4c(c3)C(C)(C)c3ccccc3-4)ccc21. The van der Waals surface area contributed by atoms with Crippen LogP contribution in [0.5, 0.6) is 0 Å². The van der Waals surface area contributed by atoms with Crippen LogP contribution in [0.1, 0.15) is 49.9 Å². The zero-order chi connectivity index (χ0) is 37.8. The molecular weight excluding hydrogens is 681 g/mol. The molecule has 2 aliphatic carbocycles. The van der Waals surface area contributed by atoms with E-state index >= 15 is 0 Å². The summed E-state index contributed by atoms with van der Waals surface area (Å²) in [6.45, 7) is 9.39. The second kappa shape index (κ2) is 11.9.